The van der Waals surface area contributed by atoms with Gasteiger partial charge in [0.05, 0.1) is 5.69 Å². The summed E-state index contributed by atoms with van der Waals surface area (Å²) in [6.45, 7) is 6.70. The van der Waals surface area contributed by atoms with Gasteiger partial charge in [0, 0.05) is 0 Å². The quantitative estimate of drug-likeness (QED) is 0.830. The highest BCUT2D eigenvalue weighted by atomic mass is 16.5. The highest BCUT2D eigenvalue weighted by molar-refractivity contribution is 5.95. The van der Waals surface area contributed by atoms with Crippen LogP contribution >= 0.6 is 0 Å². The minimum Gasteiger partial charge on any atom is -0.482 e. The Kier molecular flexibility index (Phi) is 2.86. The number of carbonyl (C=O) groups excluding carboxylic acids is 1. The lowest BCUT2D eigenvalue weighted by atomic mass is 9.90. The summed E-state index contributed by atoms with van der Waals surface area (Å²) in [5.74, 6) is 1.74. The molecular formula is C13H17NO2. The van der Waals surface area contributed by atoms with Crippen molar-refractivity contribution in [3.63, 3.8) is 0 Å². The fourth-order valence-corrected chi connectivity index (χ4v) is 1.77. The molecule has 2 rings (SSSR count). The summed E-state index contributed by atoms with van der Waals surface area (Å²) >= 11 is 0. The lowest BCUT2D eigenvalue weighted by Gasteiger charge is -2.21. The molecule has 1 aliphatic heterocycles. The van der Waals surface area contributed by atoms with E-state index in [-0.39, 0.29) is 12.5 Å². The molecule has 1 unspecified atom stereocenters. The lowest BCUT2D eigenvalue weighted by molar-refractivity contribution is -0.118. The van der Waals surface area contributed by atoms with Crippen molar-refractivity contribution in [2.24, 2.45) is 5.92 Å². The van der Waals surface area contributed by atoms with Crippen LogP contribution in [0, 0.1) is 5.92 Å². The Balaban J connectivity index is 2.31. The van der Waals surface area contributed by atoms with Gasteiger partial charge >= 0.3 is 0 Å². The highest BCUT2D eigenvalue weighted by Gasteiger charge is 2.18. The van der Waals surface area contributed by atoms with E-state index in [2.05, 4.69) is 32.2 Å². The predicted molar refractivity (Wildman–Crippen MR) is 63.8 cm³/mol. The Morgan fingerprint density at radius 1 is 1.31 bits per heavy atom. The summed E-state index contributed by atoms with van der Waals surface area (Å²) in [6, 6.07) is 6.01. The number of nitrogens with one attached hydrogen (secondary N) is 1. The molecule has 1 heterocycles. The van der Waals surface area contributed by atoms with Crippen molar-refractivity contribution >= 4 is 11.6 Å². The first-order valence-electron chi connectivity index (χ1n) is 5.64. The maximum atomic E-state index is 11.2. The van der Waals surface area contributed by atoms with Crippen molar-refractivity contribution in [3.8, 4) is 5.75 Å². The van der Waals surface area contributed by atoms with Gasteiger partial charge in [0.1, 0.15) is 5.75 Å². The molecule has 1 N–H and O–H groups in total. The standard InChI is InChI=1S/C13H17NO2/c1-8(2)9(3)10-4-5-12-11(6-10)14-13(15)7-16-12/h4-6,8-9H,7H2,1-3H3,(H,14,15). The molecular weight excluding hydrogens is 202 g/mol. The van der Waals surface area contributed by atoms with E-state index in [0.717, 1.165) is 11.4 Å². The van der Waals surface area contributed by atoms with Crippen molar-refractivity contribution in [1.29, 1.82) is 0 Å². The fourth-order valence-electron chi connectivity index (χ4n) is 1.77. The molecule has 1 amide bonds. The van der Waals surface area contributed by atoms with Crippen molar-refractivity contribution in [3.05, 3.63) is 23.8 Å². The van der Waals surface area contributed by atoms with Crippen LogP contribution in [0.15, 0.2) is 18.2 Å². The van der Waals surface area contributed by atoms with Gasteiger partial charge in [-0.05, 0) is 29.5 Å². The summed E-state index contributed by atoms with van der Waals surface area (Å²) in [5.41, 5.74) is 2.03. The molecule has 86 valence electrons. The number of amides is 1. The van der Waals surface area contributed by atoms with Gasteiger partial charge in [-0.15, -0.1) is 0 Å². The molecule has 0 aromatic heterocycles. The Morgan fingerprint density at radius 3 is 2.75 bits per heavy atom. The lowest BCUT2D eigenvalue weighted by Crippen LogP contribution is -2.25. The number of hydrogen-bond acceptors (Lipinski definition) is 2. The van der Waals surface area contributed by atoms with Crippen molar-refractivity contribution in [1.82, 2.24) is 0 Å². The average Bonchev–Trinajstić information content (AvgIpc) is 2.26. The summed E-state index contributed by atoms with van der Waals surface area (Å²) < 4.78 is 5.32. The monoisotopic (exact) mass is 219 g/mol. The van der Waals surface area contributed by atoms with Crippen LogP contribution in [-0.4, -0.2) is 12.5 Å². The molecule has 0 spiro atoms. The van der Waals surface area contributed by atoms with Crippen LogP contribution in [0.5, 0.6) is 5.75 Å². The summed E-state index contributed by atoms with van der Waals surface area (Å²) in [6.07, 6.45) is 0. The van der Waals surface area contributed by atoms with Crippen molar-refractivity contribution in [2.45, 2.75) is 26.7 Å². The number of fused-ring (bicyclic) bond motifs is 1. The second-order valence-electron chi connectivity index (χ2n) is 4.63. The smallest absolute Gasteiger partial charge is 0.262 e. The first-order chi connectivity index (χ1) is 7.58. The summed E-state index contributed by atoms with van der Waals surface area (Å²) in [7, 11) is 0. The molecule has 0 saturated carbocycles. The second-order valence-corrected chi connectivity index (χ2v) is 4.63. The highest BCUT2D eigenvalue weighted by Crippen LogP contribution is 2.33. The van der Waals surface area contributed by atoms with E-state index >= 15 is 0 Å². The van der Waals surface area contributed by atoms with Crippen molar-refractivity contribution < 1.29 is 9.53 Å². The molecule has 0 fully saturated rings. The summed E-state index contributed by atoms with van der Waals surface area (Å²) in [4.78, 5) is 11.2. The van der Waals surface area contributed by atoms with Gasteiger partial charge in [-0.3, -0.25) is 4.79 Å². The van der Waals surface area contributed by atoms with Gasteiger partial charge in [-0.2, -0.15) is 0 Å². The van der Waals surface area contributed by atoms with Gasteiger partial charge < -0.3 is 10.1 Å². The first-order valence-corrected chi connectivity index (χ1v) is 5.64. The van der Waals surface area contributed by atoms with E-state index in [0.29, 0.717) is 11.8 Å². The van der Waals surface area contributed by atoms with Crippen molar-refractivity contribution in [2.75, 3.05) is 11.9 Å². The maximum Gasteiger partial charge on any atom is 0.262 e. The van der Waals surface area contributed by atoms with Crippen LogP contribution in [0.25, 0.3) is 0 Å². The third-order valence-electron chi connectivity index (χ3n) is 3.16. The number of hydrogen-bond donors (Lipinski definition) is 1. The molecule has 3 nitrogen and oxygen atoms in total. The third-order valence-corrected chi connectivity index (χ3v) is 3.16. The van der Waals surface area contributed by atoms with Crippen LogP contribution in [0.2, 0.25) is 0 Å². The normalized spacial score (nSPS) is 16.4. The Hall–Kier alpha value is -1.51. The maximum absolute atomic E-state index is 11.2. The third kappa shape index (κ3) is 2.03. The van der Waals surface area contributed by atoms with Crippen LogP contribution in [0.4, 0.5) is 5.69 Å². The summed E-state index contributed by atoms with van der Waals surface area (Å²) in [5, 5.41) is 2.83. The van der Waals surface area contributed by atoms with E-state index in [1.807, 2.05) is 12.1 Å². The topological polar surface area (TPSA) is 38.3 Å². The Bertz CT molecular complexity index is 412. The molecule has 0 saturated heterocycles. The van der Waals surface area contributed by atoms with Crippen LogP contribution in [-0.2, 0) is 4.79 Å². The molecule has 0 aliphatic carbocycles. The van der Waals surface area contributed by atoms with E-state index < -0.39 is 0 Å². The molecule has 16 heavy (non-hydrogen) atoms. The van der Waals surface area contributed by atoms with Gasteiger partial charge in [-0.25, -0.2) is 0 Å². The number of rotatable bonds is 2. The zero-order valence-electron chi connectivity index (χ0n) is 9.91. The average molecular weight is 219 g/mol. The molecule has 0 radical (unpaired) electrons. The molecule has 1 atom stereocenters. The predicted octanol–water partition coefficient (Wildman–Crippen LogP) is 2.78. The fraction of sp³-hybridized carbons (Fsp3) is 0.462. The second kappa shape index (κ2) is 4.16. The van der Waals surface area contributed by atoms with Gasteiger partial charge in [0.25, 0.3) is 5.91 Å². The van der Waals surface area contributed by atoms with E-state index in [9.17, 15) is 4.79 Å². The minimum atomic E-state index is -0.0816. The molecule has 0 bridgehead atoms. The Labute approximate surface area is 95.8 Å². The van der Waals surface area contributed by atoms with Gasteiger partial charge in [0.2, 0.25) is 0 Å². The minimum absolute atomic E-state index is 0.0816. The molecule has 3 heteroatoms. The zero-order valence-corrected chi connectivity index (χ0v) is 9.91. The SMILES string of the molecule is CC(C)C(C)c1ccc2c(c1)NC(=O)CO2. The van der Waals surface area contributed by atoms with Crippen LogP contribution in [0.1, 0.15) is 32.3 Å². The molecule has 1 aromatic rings. The van der Waals surface area contributed by atoms with E-state index in [4.69, 9.17) is 4.74 Å². The van der Waals surface area contributed by atoms with E-state index in [1.165, 1.54) is 5.56 Å². The Morgan fingerprint density at radius 2 is 2.06 bits per heavy atom. The molecule has 1 aromatic carbocycles. The number of anilines is 1. The first kappa shape index (κ1) is 11.0. The van der Waals surface area contributed by atoms with Gasteiger partial charge in [0.15, 0.2) is 6.61 Å². The van der Waals surface area contributed by atoms with Crippen LogP contribution in [0.3, 0.4) is 0 Å². The number of ether oxygens (including phenoxy) is 1. The number of benzene rings is 1. The number of carbonyl (C=O) groups is 1. The van der Waals surface area contributed by atoms with Gasteiger partial charge in [-0.1, -0.05) is 26.8 Å². The largest absolute Gasteiger partial charge is 0.482 e. The molecule has 1 aliphatic rings. The zero-order chi connectivity index (χ0) is 11.7. The van der Waals surface area contributed by atoms with Crippen LogP contribution < -0.4 is 10.1 Å². The van der Waals surface area contributed by atoms with E-state index in [1.54, 1.807) is 0 Å².